The van der Waals surface area contributed by atoms with Crippen LogP contribution >= 0.6 is 23.2 Å². The number of rotatable bonds is 6. The number of carboxylic acid groups (broad SMARTS) is 1. The first-order chi connectivity index (χ1) is 10.1. The molecule has 0 amide bonds. The number of carboxylic acids is 1. The molecule has 0 saturated carbocycles. The Balaban J connectivity index is 1.98. The highest BCUT2D eigenvalue weighted by atomic mass is 35.5. The van der Waals surface area contributed by atoms with Gasteiger partial charge in [0, 0.05) is 5.02 Å². The third-order valence-electron chi connectivity index (χ3n) is 2.94. The van der Waals surface area contributed by atoms with Gasteiger partial charge in [0.2, 0.25) is 0 Å². The fourth-order valence-electron chi connectivity index (χ4n) is 1.96. The van der Waals surface area contributed by atoms with E-state index in [1.54, 1.807) is 0 Å². The first-order valence-corrected chi connectivity index (χ1v) is 7.22. The lowest BCUT2D eigenvalue weighted by molar-refractivity contribution is 0.0692. The number of ether oxygens (including phenoxy) is 1. The number of benzene rings is 2. The van der Waals surface area contributed by atoms with Gasteiger partial charge in [0.15, 0.2) is 5.75 Å². The average Bonchev–Trinajstić information content (AvgIpc) is 2.45. The Labute approximate surface area is 133 Å². The molecular formula is C16H14Cl2O3. The maximum atomic E-state index is 11.2. The molecule has 0 aliphatic rings. The van der Waals surface area contributed by atoms with Gasteiger partial charge in [-0.15, -0.1) is 0 Å². The van der Waals surface area contributed by atoms with Gasteiger partial charge < -0.3 is 9.84 Å². The van der Waals surface area contributed by atoms with Crippen LogP contribution in [-0.2, 0) is 6.42 Å². The molecule has 0 atom stereocenters. The number of halogens is 2. The van der Waals surface area contributed by atoms with Crippen LogP contribution in [0.15, 0.2) is 42.5 Å². The van der Waals surface area contributed by atoms with Crippen molar-refractivity contribution >= 4 is 29.2 Å². The highest BCUT2D eigenvalue weighted by molar-refractivity contribution is 6.36. The molecule has 2 aromatic carbocycles. The summed E-state index contributed by atoms with van der Waals surface area (Å²) in [7, 11) is 0. The molecule has 0 saturated heterocycles. The van der Waals surface area contributed by atoms with Crippen molar-refractivity contribution in [1.82, 2.24) is 0 Å². The third kappa shape index (κ3) is 4.38. The van der Waals surface area contributed by atoms with Crippen molar-refractivity contribution in [1.29, 1.82) is 0 Å². The number of carbonyl (C=O) groups is 1. The maximum Gasteiger partial charge on any atom is 0.339 e. The van der Waals surface area contributed by atoms with Gasteiger partial charge in [0.1, 0.15) is 5.56 Å². The van der Waals surface area contributed by atoms with Crippen LogP contribution in [0.5, 0.6) is 5.75 Å². The quantitative estimate of drug-likeness (QED) is 0.783. The summed E-state index contributed by atoms with van der Waals surface area (Å²) in [5.74, 6) is -0.945. The van der Waals surface area contributed by atoms with Crippen LogP contribution in [0, 0.1) is 0 Å². The van der Waals surface area contributed by atoms with E-state index < -0.39 is 5.97 Å². The molecular weight excluding hydrogens is 311 g/mol. The van der Waals surface area contributed by atoms with E-state index in [2.05, 4.69) is 0 Å². The molecule has 0 spiro atoms. The van der Waals surface area contributed by atoms with E-state index in [0.29, 0.717) is 6.61 Å². The van der Waals surface area contributed by atoms with Crippen LogP contribution in [0.2, 0.25) is 10.0 Å². The highest BCUT2D eigenvalue weighted by Gasteiger charge is 2.16. The van der Waals surface area contributed by atoms with Crippen molar-refractivity contribution in [3.8, 4) is 5.75 Å². The van der Waals surface area contributed by atoms with Crippen LogP contribution < -0.4 is 4.74 Å². The van der Waals surface area contributed by atoms with Gasteiger partial charge in [0.25, 0.3) is 0 Å². The average molecular weight is 325 g/mol. The Hall–Kier alpha value is -1.71. The molecule has 0 heterocycles. The fourth-order valence-corrected chi connectivity index (χ4v) is 2.51. The van der Waals surface area contributed by atoms with E-state index in [0.717, 1.165) is 12.8 Å². The molecule has 0 bridgehead atoms. The van der Waals surface area contributed by atoms with E-state index >= 15 is 0 Å². The van der Waals surface area contributed by atoms with Gasteiger partial charge in [-0.1, -0.05) is 53.5 Å². The van der Waals surface area contributed by atoms with Crippen molar-refractivity contribution in [3.63, 3.8) is 0 Å². The zero-order chi connectivity index (χ0) is 15.2. The summed E-state index contributed by atoms with van der Waals surface area (Å²) in [4.78, 5) is 11.2. The number of hydrogen-bond donors (Lipinski definition) is 1. The monoisotopic (exact) mass is 324 g/mol. The largest absolute Gasteiger partial charge is 0.491 e. The molecule has 3 nitrogen and oxygen atoms in total. The Morgan fingerprint density at radius 3 is 2.52 bits per heavy atom. The molecule has 0 aliphatic heterocycles. The van der Waals surface area contributed by atoms with Crippen molar-refractivity contribution in [2.75, 3.05) is 6.61 Å². The van der Waals surface area contributed by atoms with Crippen LogP contribution in [0.25, 0.3) is 0 Å². The van der Waals surface area contributed by atoms with E-state index in [1.807, 2.05) is 30.3 Å². The van der Waals surface area contributed by atoms with Crippen LogP contribution in [-0.4, -0.2) is 17.7 Å². The van der Waals surface area contributed by atoms with Gasteiger partial charge in [0.05, 0.1) is 11.6 Å². The summed E-state index contributed by atoms with van der Waals surface area (Å²) in [5.41, 5.74) is 1.19. The normalized spacial score (nSPS) is 10.4. The highest BCUT2D eigenvalue weighted by Crippen LogP contribution is 2.32. The SMILES string of the molecule is O=C(O)c1cc(Cl)cc(Cl)c1OCCCc1ccccc1. The molecule has 21 heavy (non-hydrogen) atoms. The van der Waals surface area contributed by atoms with Gasteiger partial charge in [-0.25, -0.2) is 4.79 Å². The molecule has 110 valence electrons. The second-order valence-corrected chi connectivity index (χ2v) is 5.35. The Morgan fingerprint density at radius 1 is 1.14 bits per heavy atom. The first-order valence-electron chi connectivity index (χ1n) is 6.47. The summed E-state index contributed by atoms with van der Waals surface area (Å²) in [6, 6.07) is 12.8. The summed E-state index contributed by atoms with van der Waals surface area (Å²) in [6.07, 6.45) is 1.62. The predicted molar refractivity (Wildman–Crippen MR) is 83.7 cm³/mol. The third-order valence-corrected chi connectivity index (χ3v) is 3.44. The summed E-state index contributed by atoms with van der Waals surface area (Å²) in [6.45, 7) is 0.385. The van der Waals surface area contributed by atoms with Crippen molar-refractivity contribution in [3.05, 3.63) is 63.6 Å². The van der Waals surface area contributed by atoms with Crippen LogP contribution in [0.1, 0.15) is 22.3 Å². The van der Waals surface area contributed by atoms with E-state index in [9.17, 15) is 4.79 Å². The van der Waals surface area contributed by atoms with Crippen LogP contribution in [0.3, 0.4) is 0 Å². The van der Waals surface area contributed by atoms with Crippen molar-refractivity contribution in [2.24, 2.45) is 0 Å². The van der Waals surface area contributed by atoms with Gasteiger partial charge in [-0.2, -0.15) is 0 Å². The summed E-state index contributed by atoms with van der Waals surface area (Å²) in [5, 5.41) is 9.63. The molecule has 1 N–H and O–H groups in total. The lowest BCUT2D eigenvalue weighted by Crippen LogP contribution is -2.06. The molecule has 0 aliphatic carbocycles. The maximum absolute atomic E-state index is 11.2. The predicted octanol–water partition coefficient (Wildman–Crippen LogP) is 4.70. The van der Waals surface area contributed by atoms with E-state index in [1.165, 1.54) is 17.7 Å². The summed E-state index contributed by atoms with van der Waals surface area (Å²) < 4.78 is 5.53. The number of aryl methyl sites for hydroxylation is 1. The smallest absolute Gasteiger partial charge is 0.339 e. The molecule has 0 unspecified atom stereocenters. The molecule has 0 aromatic heterocycles. The molecule has 2 rings (SSSR count). The van der Waals surface area contributed by atoms with Crippen LogP contribution in [0.4, 0.5) is 0 Å². The topological polar surface area (TPSA) is 46.5 Å². The van der Waals surface area contributed by atoms with Gasteiger partial charge in [-0.05, 0) is 30.5 Å². The molecule has 2 aromatic rings. The van der Waals surface area contributed by atoms with Crippen molar-refractivity contribution in [2.45, 2.75) is 12.8 Å². The minimum atomic E-state index is -1.11. The zero-order valence-corrected chi connectivity index (χ0v) is 12.7. The molecule has 5 heteroatoms. The second kappa shape index (κ2) is 7.34. The van der Waals surface area contributed by atoms with Gasteiger partial charge in [-0.3, -0.25) is 0 Å². The second-order valence-electron chi connectivity index (χ2n) is 4.51. The van der Waals surface area contributed by atoms with E-state index in [4.69, 9.17) is 33.0 Å². The van der Waals surface area contributed by atoms with Gasteiger partial charge >= 0.3 is 5.97 Å². The minimum absolute atomic E-state index is 0.0211. The molecule has 0 radical (unpaired) electrons. The Morgan fingerprint density at radius 2 is 1.86 bits per heavy atom. The fraction of sp³-hybridized carbons (Fsp3) is 0.188. The number of hydrogen-bond acceptors (Lipinski definition) is 2. The Bertz CT molecular complexity index is 627. The first kappa shape index (κ1) is 15.7. The van der Waals surface area contributed by atoms with Crippen molar-refractivity contribution < 1.29 is 14.6 Å². The minimum Gasteiger partial charge on any atom is -0.491 e. The standard InChI is InChI=1S/C16H14Cl2O3/c17-12-9-13(16(19)20)15(14(18)10-12)21-8-4-7-11-5-2-1-3-6-11/h1-3,5-6,9-10H,4,7-8H2,(H,19,20). The summed E-state index contributed by atoms with van der Waals surface area (Å²) >= 11 is 11.8. The molecule has 0 fully saturated rings. The van der Waals surface area contributed by atoms with E-state index in [-0.39, 0.29) is 21.4 Å². The Kier molecular flexibility index (Phi) is 5.48. The zero-order valence-electron chi connectivity index (χ0n) is 11.2. The lowest BCUT2D eigenvalue weighted by Gasteiger charge is -2.11. The lowest BCUT2D eigenvalue weighted by atomic mass is 10.1. The number of aromatic carboxylic acids is 1.